The summed E-state index contributed by atoms with van der Waals surface area (Å²) in [4.78, 5) is 33.3. The molecule has 9 nitrogen and oxygen atoms in total. The highest BCUT2D eigenvalue weighted by molar-refractivity contribution is 6.39. The van der Waals surface area contributed by atoms with Gasteiger partial charge >= 0.3 is 18.0 Å². The summed E-state index contributed by atoms with van der Waals surface area (Å²) < 4.78 is 37.4. The van der Waals surface area contributed by atoms with E-state index in [2.05, 4.69) is 10.4 Å². The highest BCUT2D eigenvalue weighted by Crippen LogP contribution is 2.29. The number of alkyl halides is 3. The molecule has 12 heteroatoms. The lowest BCUT2D eigenvalue weighted by molar-refractivity contribution is -0.384. The number of nitrogens with zero attached hydrogens (tertiary/aromatic N) is 2. The summed E-state index contributed by atoms with van der Waals surface area (Å²) in [5.41, 5.74) is 0.439. The topological polar surface area (TPSA) is 134 Å². The molecular weight excluding hydrogens is 385 g/mol. The van der Waals surface area contributed by atoms with Crippen molar-refractivity contribution in [3.8, 4) is 5.75 Å². The molecule has 0 heterocycles. The van der Waals surface area contributed by atoms with Gasteiger partial charge < -0.3 is 10.4 Å². The maximum atomic E-state index is 12.5. The quantitative estimate of drug-likeness (QED) is 0.316. The van der Waals surface area contributed by atoms with Gasteiger partial charge in [-0.2, -0.15) is 18.3 Å². The predicted molar refractivity (Wildman–Crippen MR) is 90.6 cm³/mol. The Kier molecular flexibility index (Phi) is 5.93. The van der Waals surface area contributed by atoms with Crippen LogP contribution in [0.5, 0.6) is 5.75 Å². The van der Waals surface area contributed by atoms with Crippen LogP contribution in [0.1, 0.15) is 11.1 Å². The molecule has 0 aliphatic rings. The Bertz CT molecular complexity index is 942. The molecule has 0 spiro atoms. The van der Waals surface area contributed by atoms with E-state index in [0.717, 1.165) is 48.7 Å². The SMILES string of the molecule is O=C(NN=Cc1cc([N+](=O)[O-])ccc1O)C(=O)Nc1ccc(C(F)(F)F)cc1. The average molecular weight is 396 g/mol. The van der Waals surface area contributed by atoms with Crippen LogP contribution in [0.2, 0.25) is 0 Å². The van der Waals surface area contributed by atoms with Gasteiger partial charge in [-0.15, -0.1) is 0 Å². The predicted octanol–water partition coefficient (Wildman–Crippen LogP) is 2.41. The smallest absolute Gasteiger partial charge is 0.416 e. The summed E-state index contributed by atoms with van der Waals surface area (Å²) in [6.07, 6.45) is -3.65. The standard InChI is InChI=1S/C16H11F3N4O5/c17-16(18,19)10-1-3-11(4-2-10)21-14(25)15(26)22-20-8-9-7-12(23(27)28)5-6-13(9)24/h1-8,24H,(H,21,25)(H,22,26). The van der Waals surface area contributed by atoms with Crippen molar-refractivity contribution < 1.29 is 32.8 Å². The molecule has 0 atom stereocenters. The molecule has 3 N–H and O–H groups in total. The molecule has 2 rings (SSSR count). The molecule has 28 heavy (non-hydrogen) atoms. The van der Waals surface area contributed by atoms with E-state index in [0.29, 0.717) is 0 Å². The largest absolute Gasteiger partial charge is 0.507 e. The summed E-state index contributed by atoms with van der Waals surface area (Å²) >= 11 is 0. The number of hydrogen-bond acceptors (Lipinski definition) is 6. The minimum Gasteiger partial charge on any atom is -0.507 e. The Hall–Kier alpha value is -3.96. The molecular formula is C16H11F3N4O5. The summed E-state index contributed by atoms with van der Waals surface area (Å²) in [6.45, 7) is 0. The first-order valence-corrected chi connectivity index (χ1v) is 7.37. The number of halogens is 3. The van der Waals surface area contributed by atoms with Gasteiger partial charge in [-0.25, -0.2) is 5.43 Å². The monoisotopic (exact) mass is 396 g/mol. The van der Waals surface area contributed by atoms with Crippen LogP contribution in [-0.4, -0.2) is 28.1 Å². The second-order valence-corrected chi connectivity index (χ2v) is 5.23. The first-order valence-electron chi connectivity index (χ1n) is 7.37. The fraction of sp³-hybridized carbons (Fsp3) is 0.0625. The molecule has 2 aromatic rings. The number of phenols is 1. The zero-order valence-electron chi connectivity index (χ0n) is 13.7. The number of non-ortho nitro benzene ring substituents is 1. The normalized spacial score (nSPS) is 11.2. The third-order valence-corrected chi connectivity index (χ3v) is 3.27. The molecule has 0 fully saturated rings. The molecule has 0 aromatic heterocycles. The van der Waals surface area contributed by atoms with E-state index in [4.69, 9.17) is 0 Å². The molecule has 0 aliphatic heterocycles. The van der Waals surface area contributed by atoms with E-state index < -0.39 is 28.5 Å². The Morgan fingerprint density at radius 3 is 2.32 bits per heavy atom. The summed E-state index contributed by atoms with van der Waals surface area (Å²) in [5, 5.41) is 25.7. The van der Waals surface area contributed by atoms with Crippen molar-refractivity contribution >= 4 is 29.4 Å². The van der Waals surface area contributed by atoms with E-state index in [1.807, 2.05) is 5.43 Å². The van der Waals surface area contributed by atoms with Gasteiger partial charge in [-0.3, -0.25) is 19.7 Å². The van der Waals surface area contributed by atoms with Crippen LogP contribution in [0.15, 0.2) is 47.6 Å². The van der Waals surface area contributed by atoms with Crippen LogP contribution in [0, 0.1) is 10.1 Å². The lowest BCUT2D eigenvalue weighted by atomic mass is 10.2. The van der Waals surface area contributed by atoms with Gasteiger partial charge in [0.25, 0.3) is 5.69 Å². The molecule has 0 saturated heterocycles. The third kappa shape index (κ3) is 5.27. The molecule has 2 amide bonds. The number of nitrogens with one attached hydrogen (secondary N) is 2. The highest BCUT2D eigenvalue weighted by atomic mass is 19.4. The van der Waals surface area contributed by atoms with E-state index in [1.54, 1.807) is 0 Å². The summed E-state index contributed by atoms with van der Waals surface area (Å²) in [7, 11) is 0. The van der Waals surface area contributed by atoms with Gasteiger partial charge in [0.15, 0.2) is 0 Å². The van der Waals surface area contributed by atoms with Crippen LogP contribution < -0.4 is 10.7 Å². The van der Waals surface area contributed by atoms with Crippen molar-refractivity contribution in [2.45, 2.75) is 6.18 Å². The molecule has 0 unspecified atom stereocenters. The number of nitro benzene ring substituents is 1. The van der Waals surface area contributed by atoms with Gasteiger partial charge in [-0.1, -0.05) is 0 Å². The number of phenolic OH excluding ortho intramolecular Hbond substituents is 1. The number of aromatic hydroxyl groups is 1. The maximum absolute atomic E-state index is 12.5. The van der Waals surface area contributed by atoms with Crippen LogP contribution in [0.25, 0.3) is 0 Å². The van der Waals surface area contributed by atoms with Crippen LogP contribution in [0.3, 0.4) is 0 Å². The van der Waals surface area contributed by atoms with E-state index in [9.17, 15) is 38.0 Å². The Morgan fingerprint density at radius 1 is 1.11 bits per heavy atom. The van der Waals surface area contributed by atoms with Crippen molar-refractivity contribution in [2.24, 2.45) is 5.10 Å². The van der Waals surface area contributed by atoms with Crippen molar-refractivity contribution in [1.82, 2.24) is 5.43 Å². The molecule has 0 aliphatic carbocycles. The molecule has 0 bridgehead atoms. The number of benzene rings is 2. The number of amides is 2. The Balaban J connectivity index is 1.98. The zero-order valence-corrected chi connectivity index (χ0v) is 13.7. The highest BCUT2D eigenvalue weighted by Gasteiger charge is 2.30. The fourth-order valence-corrected chi connectivity index (χ4v) is 1.90. The minimum atomic E-state index is -4.54. The number of anilines is 1. The molecule has 2 aromatic carbocycles. The van der Waals surface area contributed by atoms with Crippen molar-refractivity contribution in [3.63, 3.8) is 0 Å². The second-order valence-electron chi connectivity index (χ2n) is 5.23. The number of nitro groups is 1. The zero-order chi connectivity index (χ0) is 20.9. The third-order valence-electron chi connectivity index (χ3n) is 3.27. The number of hydrogen-bond donors (Lipinski definition) is 3. The fourth-order valence-electron chi connectivity index (χ4n) is 1.90. The Labute approximate surface area is 154 Å². The van der Waals surface area contributed by atoms with Gasteiger partial charge in [0.1, 0.15) is 5.75 Å². The van der Waals surface area contributed by atoms with Gasteiger partial charge in [0.05, 0.1) is 16.7 Å². The summed E-state index contributed by atoms with van der Waals surface area (Å²) in [6, 6.07) is 6.51. The molecule has 146 valence electrons. The van der Waals surface area contributed by atoms with E-state index >= 15 is 0 Å². The van der Waals surface area contributed by atoms with Crippen molar-refractivity contribution in [3.05, 3.63) is 63.7 Å². The number of carbonyl (C=O) groups is 2. The first kappa shape index (κ1) is 20.4. The number of rotatable bonds is 4. The minimum absolute atomic E-state index is 0.0477. The summed E-state index contributed by atoms with van der Waals surface area (Å²) in [5.74, 6) is -2.81. The number of hydrazone groups is 1. The lowest BCUT2D eigenvalue weighted by Gasteiger charge is -2.08. The van der Waals surface area contributed by atoms with Crippen LogP contribution >= 0.6 is 0 Å². The van der Waals surface area contributed by atoms with E-state index in [1.165, 1.54) is 0 Å². The van der Waals surface area contributed by atoms with Gasteiger partial charge in [0, 0.05) is 23.4 Å². The van der Waals surface area contributed by atoms with Crippen molar-refractivity contribution in [1.29, 1.82) is 0 Å². The molecule has 0 radical (unpaired) electrons. The maximum Gasteiger partial charge on any atom is 0.416 e. The van der Waals surface area contributed by atoms with Gasteiger partial charge in [0.2, 0.25) is 0 Å². The Morgan fingerprint density at radius 2 is 1.75 bits per heavy atom. The van der Waals surface area contributed by atoms with Crippen molar-refractivity contribution in [2.75, 3.05) is 5.32 Å². The van der Waals surface area contributed by atoms with Gasteiger partial charge in [-0.05, 0) is 30.3 Å². The second kappa shape index (κ2) is 8.16. The molecule has 0 saturated carbocycles. The number of carbonyl (C=O) groups excluding carboxylic acids is 2. The average Bonchev–Trinajstić information content (AvgIpc) is 2.62. The first-order chi connectivity index (χ1) is 13.1. The van der Waals surface area contributed by atoms with Crippen LogP contribution in [0.4, 0.5) is 24.5 Å². The van der Waals surface area contributed by atoms with Crippen LogP contribution in [-0.2, 0) is 15.8 Å². The van der Waals surface area contributed by atoms with E-state index in [-0.39, 0.29) is 22.7 Å². The lowest BCUT2D eigenvalue weighted by Crippen LogP contribution is -2.32.